The van der Waals surface area contributed by atoms with Crippen LogP contribution in [0.2, 0.25) is 0 Å². The van der Waals surface area contributed by atoms with Crippen molar-refractivity contribution in [1.82, 2.24) is 10.3 Å². The van der Waals surface area contributed by atoms with Crippen LogP contribution in [0.15, 0.2) is 18.3 Å². The molecule has 0 bridgehead atoms. The third-order valence-corrected chi connectivity index (χ3v) is 2.06. The number of nitrogens with zero attached hydrogens (tertiary/aromatic N) is 1. The zero-order valence-electron chi connectivity index (χ0n) is 8.92. The number of pyridine rings is 1. The number of hydrogen-bond acceptors (Lipinski definition) is 3. The first-order chi connectivity index (χ1) is 6.84. The molecule has 0 amide bonds. The third-order valence-electron chi connectivity index (χ3n) is 2.06. The second-order valence-electron chi connectivity index (χ2n) is 3.12. The number of aryl methyl sites for hydroxylation is 1. The molecule has 0 saturated carbocycles. The van der Waals surface area contributed by atoms with Gasteiger partial charge in [-0.05, 0) is 25.5 Å². The first kappa shape index (κ1) is 11.1. The molecule has 1 aromatic heterocycles. The van der Waals surface area contributed by atoms with Crippen LogP contribution in [-0.4, -0.2) is 24.7 Å². The maximum Gasteiger partial charge on any atom is 0.0590 e. The van der Waals surface area contributed by atoms with E-state index in [-0.39, 0.29) is 0 Å². The average Bonchev–Trinajstić information content (AvgIpc) is 2.20. The lowest BCUT2D eigenvalue weighted by Crippen LogP contribution is -2.19. The predicted octanol–water partition coefficient (Wildman–Crippen LogP) is 1.52. The largest absolute Gasteiger partial charge is 0.380 e. The summed E-state index contributed by atoms with van der Waals surface area (Å²) < 4.78 is 5.22. The minimum Gasteiger partial charge on any atom is -0.380 e. The van der Waals surface area contributed by atoms with Crippen LogP contribution in [0.1, 0.15) is 18.2 Å². The van der Waals surface area contributed by atoms with Gasteiger partial charge >= 0.3 is 0 Å². The molecule has 0 aliphatic rings. The van der Waals surface area contributed by atoms with Crippen molar-refractivity contribution in [1.29, 1.82) is 0 Å². The Hall–Kier alpha value is -0.930. The minimum atomic E-state index is 0.774. The molecule has 14 heavy (non-hydrogen) atoms. The van der Waals surface area contributed by atoms with E-state index in [9.17, 15) is 0 Å². The van der Waals surface area contributed by atoms with Gasteiger partial charge in [-0.2, -0.15) is 0 Å². The number of rotatable bonds is 6. The lowest BCUT2D eigenvalue weighted by Gasteiger charge is -2.06. The van der Waals surface area contributed by atoms with Crippen molar-refractivity contribution in [3.63, 3.8) is 0 Å². The molecule has 1 aromatic rings. The van der Waals surface area contributed by atoms with E-state index in [1.807, 2.05) is 26.1 Å². The highest BCUT2D eigenvalue weighted by molar-refractivity contribution is 5.17. The van der Waals surface area contributed by atoms with Crippen LogP contribution in [0.5, 0.6) is 0 Å². The molecule has 1 heterocycles. The number of aromatic nitrogens is 1. The molecule has 3 heteroatoms. The van der Waals surface area contributed by atoms with Gasteiger partial charge in [0.2, 0.25) is 0 Å². The van der Waals surface area contributed by atoms with Gasteiger partial charge in [-0.1, -0.05) is 6.07 Å². The van der Waals surface area contributed by atoms with E-state index in [1.165, 1.54) is 5.56 Å². The van der Waals surface area contributed by atoms with Crippen LogP contribution in [0.4, 0.5) is 0 Å². The van der Waals surface area contributed by atoms with Crippen molar-refractivity contribution in [3.05, 3.63) is 29.6 Å². The van der Waals surface area contributed by atoms with Gasteiger partial charge in [0.25, 0.3) is 0 Å². The molecule has 0 fully saturated rings. The summed E-state index contributed by atoms with van der Waals surface area (Å²) in [6.45, 7) is 7.35. The highest BCUT2D eigenvalue weighted by atomic mass is 16.5. The zero-order chi connectivity index (χ0) is 10.2. The van der Waals surface area contributed by atoms with Gasteiger partial charge in [0, 0.05) is 31.6 Å². The van der Waals surface area contributed by atoms with Gasteiger partial charge < -0.3 is 10.1 Å². The van der Waals surface area contributed by atoms with Gasteiger partial charge in [0.1, 0.15) is 0 Å². The molecular formula is C11H18N2O. The minimum absolute atomic E-state index is 0.774. The SMILES string of the molecule is CCOCCNCc1cccnc1C. The number of ether oxygens (including phenoxy) is 1. The summed E-state index contributed by atoms with van der Waals surface area (Å²) in [4.78, 5) is 4.22. The van der Waals surface area contributed by atoms with Gasteiger partial charge in [-0.25, -0.2) is 0 Å². The van der Waals surface area contributed by atoms with Crippen molar-refractivity contribution in [2.24, 2.45) is 0 Å². The van der Waals surface area contributed by atoms with E-state index in [4.69, 9.17) is 4.74 Å². The van der Waals surface area contributed by atoms with E-state index in [1.54, 1.807) is 0 Å². The normalized spacial score (nSPS) is 10.4. The van der Waals surface area contributed by atoms with Crippen molar-refractivity contribution in [3.8, 4) is 0 Å². The molecule has 0 aliphatic carbocycles. The Morgan fingerprint density at radius 2 is 2.36 bits per heavy atom. The molecule has 0 aromatic carbocycles. The van der Waals surface area contributed by atoms with Crippen LogP contribution >= 0.6 is 0 Å². The predicted molar refractivity (Wildman–Crippen MR) is 57.2 cm³/mol. The topological polar surface area (TPSA) is 34.1 Å². The molecule has 0 radical (unpaired) electrons. The van der Waals surface area contributed by atoms with Crippen molar-refractivity contribution < 1.29 is 4.74 Å². The summed E-state index contributed by atoms with van der Waals surface area (Å²) in [6.07, 6.45) is 1.82. The van der Waals surface area contributed by atoms with E-state index in [0.29, 0.717) is 0 Å². The highest BCUT2D eigenvalue weighted by Gasteiger charge is 1.96. The Bertz CT molecular complexity index is 263. The fraction of sp³-hybridized carbons (Fsp3) is 0.545. The monoisotopic (exact) mass is 194 g/mol. The summed E-state index contributed by atoms with van der Waals surface area (Å²) in [5.74, 6) is 0. The summed E-state index contributed by atoms with van der Waals surface area (Å²) >= 11 is 0. The summed E-state index contributed by atoms with van der Waals surface area (Å²) in [5, 5.41) is 3.31. The first-order valence-corrected chi connectivity index (χ1v) is 5.03. The summed E-state index contributed by atoms with van der Waals surface area (Å²) in [7, 11) is 0. The molecule has 0 saturated heterocycles. The van der Waals surface area contributed by atoms with Gasteiger partial charge in [-0.15, -0.1) is 0 Å². The molecule has 3 nitrogen and oxygen atoms in total. The van der Waals surface area contributed by atoms with Gasteiger partial charge in [0.05, 0.1) is 6.61 Å². The molecular weight excluding hydrogens is 176 g/mol. The highest BCUT2D eigenvalue weighted by Crippen LogP contribution is 2.01. The van der Waals surface area contributed by atoms with Crippen LogP contribution in [0.25, 0.3) is 0 Å². The molecule has 0 unspecified atom stereocenters. The maximum atomic E-state index is 5.22. The van der Waals surface area contributed by atoms with Crippen molar-refractivity contribution >= 4 is 0 Å². The fourth-order valence-corrected chi connectivity index (χ4v) is 1.22. The van der Waals surface area contributed by atoms with Gasteiger partial charge in [-0.3, -0.25) is 4.98 Å². The Labute approximate surface area is 85.5 Å². The smallest absolute Gasteiger partial charge is 0.0590 e. The van der Waals surface area contributed by atoms with E-state index < -0.39 is 0 Å². The lowest BCUT2D eigenvalue weighted by molar-refractivity contribution is 0.149. The summed E-state index contributed by atoms with van der Waals surface area (Å²) in [5.41, 5.74) is 2.35. The molecule has 78 valence electrons. The Morgan fingerprint density at radius 3 is 3.07 bits per heavy atom. The Morgan fingerprint density at radius 1 is 1.50 bits per heavy atom. The van der Waals surface area contributed by atoms with Crippen molar-refractivity contribution in [2.45, 2.75) is 20.4 Å². The van der Waals surface area contributed by atoms with E-state index in [0.717, 1.165) is 32.0 Å². The van der Waals surface area contributed by atoms with Crippen LogP contribution in [0, 0.1) is 6.92 Å². The summed E-state index contributed by atoms with van der Waals surface area (Å²) in [6, 6.07) is 4.06. The third kappa shape index (κ3) is 3.85. The Kier molecular flexibility index (Phi) is 5.19. The molecule has 0 spiro atoms. The Balaban J connectivity index is 2.21. The second-order valence-corrected chi connectivity index (χ2v) is 3.12. The maximum absolute atomic E-state index is 5.22. The fourth-order valence-electron chi connectivity index (χ4n) is 1.22. The average molecular weight is 194 g/mol. The molecule has 0 aliphatic heterocycles. The lowest BCUT2D eigenvalue weighted by atomic mass is 10.2. The standard InChI is InChI=1S/C11H18N2O/c1-3-14-8-7-12-9-11-5-4-6-13-10(11)2/h4-6,12H,3,7-9H2,1-2H3. The van der Waals surface area contributed by atoms with E-state index in [2.05, 4.69) is 16.4 Å². The van der Waals surface area contributed by atoms with E-state index >= 15 is 0 Å². The quantitative estimate of drug-likeness (QED) is 0.697. The first-order valence-electron chi connectivity index (χ1n) is 5.03. The molecule has 0 atom stereocenters. The second kappa shape index (κ2) is 6.51. The number of nitrogens with one attached hydrogen (secondary N) is 1. The van der Waals surface area contributed by atoms with Crippen LogP contribution in [0.3, 0.4) is 0 Å². The van der Waals surface area contributed by atoms with Gasteiger partial charge in [0.15, 0.2) is 0 Å². The molecule has 1 N–H and O–H groups in total. The number of hydrogen-bond donors (Lipinski definition) is 1. The molecule has 1 rings (SSSR count). The van der Waals surface area contributed by atoms with Crippen molar-refractivity contribution in [2.75, 3.05) is 19.8 Å². The van der Waals surface area contributed by atoms with Crippen LogP contribution < -0.4 is 5.32 Å². The van der Waals surface area contributed by atoms with Crippen LogP contribution in [-0.2, 0) is 11.3 Å². The zero-order valence-corrected chi connectivity index (χ0v) is 8.92.